The third-order valence-corrected chi connectivity index (χ3v) is 5.18. The van der Waals surface area contributed by atoms with Crippen LogP contribution < -0.4 is 4.72 Å². The Balaban J connectivity index is 2.17. The quantitative estimate of drug-likeness (QED) is 0.845. The Bertz CT molecular complexity index is 782. The Morgan fingerprint density at radius 3 is 2.81 bits per heavy atom. The minimum atomic E-state index is -3.58. The molecule has 0 saturated carbocycles. The van der Waals surface area contributed by atoms with Gasteiger partial charge >= 0.3 is 0 Å². The van der Waals surface area contributed by atoms with Crippen LogP contribution >= 0.6 is 11.3 Å². The molecular formula is C15H15NO3S2. The van der Waals surface area contributed by atoms with Crippen molar-refractivity contribution in [2.75, 3.05) is 6.61 Å². The normalized spacial score (nSPS) is 11.0. The van der Waals surface area contributed by atoms with E-state index in [-0.39, 0.29) is 18.0 Å². The maximum Gasteiger partial charge on any atom is 0.240 e. The van der Waals surface area contributed by atoms with Gasteiger partial charge in [-0.1, -0.05) is 17.9 Å². The zero-order valence-electron chi connectivity index (χ0n) is 11.5. The van der Waals surface area contributed by atoms with Gasteiger partial charge in [-0.05, 0) is 47.0 Å². The van der Waals surface area contributed by atoms with Gasteiger partial charge in [-0.3, -0.25) is 0 Å². The minimum Gasteiger partial charge on any atom is -0.384 e. The van der Waals surface area contributed by atoms with Crippen LogP contribution in [0.1, 0.15) is 16.7 Å². The molecule has 0 bridgehead atoms. The predicted molar refractivity (Wildman–Crippen MR) is 83.5 cm³/mol. The predicted octanol–water partition coefficient (Wildman–Crippen LogP) is 1.88. The average Bonchev–Trinajstić information content (AvgIpc) is 2.89. The lowest BCUT2D eigenvalue weighted by Gasteiger charge is -2.07. The number of aryl methyl sites for hydroxylation is 1. The molecule has 1 heterocycles. The van der Waals surface area contributed by atoms with Crippen LogP contribution in [-0.2, 0) is 16.6 Å². The van der Waals surface area contributed by atoms with Crippen LogP contribution in [0.3, 0.4) is 0 Å². The van der Waals surface area contributed by atoms with E-state index in [1.807, 2.05) is 17.7 Å². The number of nitrogens with one attached hydrogen (secondary N) is 1. The molecule has 0 fully saturated rings. The van der Waals surface area contributed by atoms with E-state index in [9.17, 15) is 8.42 Å². The second-order valence-corrected chi connectivity index (χ2v) is 6.90. The lowest BCUT2D eigenvalue weighted by Crippen LogP contribution is -2.23. The molecule has 1 aromatic carbocycles. The summed E-state index contributed by atoms with van der Waals surface area (Å²) >= 11 is 1.55. The molecule has 2 rings (SSSR count). The largest absolute Gasteiger partial charge is 0.384 e. The highest BCUT2D eigenvalue weighted by Gasteiger charge is 2.14. The molecule has 0 saturated heterocycles. The molecule has 0 amide bonds. The highest BCUT2D eigenvalue weighted by Crippen LogP contribution is 2.15. The van der Waals surface area contributed by atoms with Gasteiger partial charge < -0.3 is 5.11 Å². The van der Waals surface area contributed by atoms with Crippen LogP contribution in [-0.4, -0.2) is 20.1 Å². The fourth-order valence-corrected chi connectivity index (χ4v) is 3.62. The lowest BCUT2D eigenvalue weighted by atomic mass is 10.2. The van der Waals surface area contributed by atoms with E-state index in [1.165, 1.54) is 12.1 Å². The van der Waals surface area contributed by atoms with Crippen molar-refractivity contribution in [3.05, 3.63) is 51.7 Å². The Morgan fingerprint density at radius 2 is 2.14 bits per heavy atom. The lowest BCUT2D eigenvalue weighted by molar-refractivity contribution is 0.350. The standard InChI is InChI=1S/C15H15NO3S2/c1-12-10-20-11-14(12)9-16-21(18,19)15-6-2-4-13(8-15)5-3-7-17/h2,4,6,8,10-11,16-17H,7,9H2,1H3. The van der Waals surface area contributed by atoms with Gasteiger partial charge in [-0.2, -0.15) is 11.3 Å². The molecule has 0 aliphatic carbocycles. The number of benzene rings is 1. The molecule has 0 aliphatic rings. The summed E-state index contributed by atoms with van der Waals surface area (Å²) in [5.74, 6) is 5.19. The molecule has 0 radical (unpaired) electrons. The van der Waals surface area contributed by atoms with Crippen LogP contribution in [0, 0.1) is 18.8 Å². The van der Waals surface area contributed by atoms with Gasteiger partial charge in [0.2, 0.25) is 10.0 Å². The second kappa shape index (κ2) is 6.87. The minimum absolute atomic E-state index is 0.167. The number of aliphatic hydroxyl groups excluding tert-OH is 1. The van der Waals surface area contributed by atoms with Gasteiger partial charge in [0.25, 0.3) is 0 Å². The zero-order chi connectivity index (χ0) is 15.3. The summed E-state index contributed by atoms with van der Waals surface area (Å²) < 4.78 is 27.1. The highest BCUT2D eigenvalue weighted by atomic mass is 32.2. The molecule has 0 unspecified atom stereocenters. The third kappa shape index (κ3) is 4.16. The SMILES string of the molecule is Cc1cscc1CNS(=O)(=O)c1cccc(C#CCO)c1. The maximum atomic E-state index is 12.3. The fraction of sp³-hybridized carbons (Fsp3) is 0.200. The first-order valence-corrected chi connectivity index (χ1v) is 8.66. The smallest absolute Gasteiger partial charge is 0.240 e. The van der Waals surface area contributed by atoms with E-state index in [0.717, 1.165) is 11.1 Å². The summed E-state index contributed by atoms with van der Waals surface area (Å²) in [7, 11) is -3.58. The van der Waals surface area contributed by atoms with Gasteiger partial charge in [0.05, 0.1) is 4.90 Å². The van der Waals surface area contributed by atoms with Crippen LogP contribution in [0.15, 0.2) is 39.9 Å². The van der Waals surface area contributed by atoms with E-state index in [2.05, 4.69) is 16.6 Å². The highest BCUT2D eigenvalue weighted by molar-refractivity contribution is 7.89. The number of hydrogen-bond donors (Lipinski definition) is 2. The molecule has 21 heavy (non-hydrogen) atoms. The fourth-order valence-electron chi connectivity index (χ4n) is 1.71. The Morgan fingerprint density at radius 1 is 1.33 bits per heavy atom. The molecule has 0 aliphatic heterocycles. The van der Waals surface area contributed by atoms with E-state index < -0.39 is 10.0 Å². The van der Waals surface area contributed by atoms with Gasteiger partial charge in [0, 0.05) is 12.1 Å². The molecule has 2 aromatic rings. The second-order valence-electron chi connectivity index (χ2n) is 4.39. The van der Waals surface area contributed by atoms with E-state index in [0.29, 0.717) is 5.56 Å². The molecule has 4 nitrogen and oxygen atoms in total. The summed E-state index contributed by atoms with van der Waals surface area (Å²) in [4.78, 5) is 0.167. The Labute approximate surface area is 128 Å². The third-order valence-electron chi connectivity index (χ3n) is 2.87. The van der Waals surface area contributed by atoms with Crippen molar-refractivity contribution in [1.29, 1.82) is 0 Å². The summed E-state index contributed by atoms with van der Waals surface area (Å²) in [6, 6.07) is 6.34. The average molecular weight is 321 g/mol. The first-order valence-electron chi connectivity index (χ1n) is 6.24. The molecule has 0 atom stereocenters. The summed E-state index contributed by atoms with van der Waals surface area (Å²) in [6.45, 7) is 1.96. The number of sulfonamides is 1. The Hall–Kier alpha value is -1.65. The number of thiophene rings is 1. The summed E-state index contributed by atoms with van der Waals surface area (Å²) in [6.07, 6.45) is 0. The number of aliphatic hydroxyl groups is 1. The molecule has 2 N–H and O–H groups in total. The monoisotopic (exact) mass is 321 g/mol. The van der Waals surface area contributed by atoms with Gasteiger partial charge in [0.1, 0.15) is 6.61 Å². The first-order chi connectivity index (χ1) is 10.0. The van der Waals surface area contributed by atoms with Crippen molar-refractivity contribution < 1.29 is 13.5 Å². The molecule has 6 heteroatoms. The maximum absolute atomic E-state index is 12.3. The van der Waals surface area contributed by atoms with Gasteiger partial charge in [-0.25, -0.2) is 13.1 Å². The zero-order valence-corrected chi connectivity index (χ0v) is 13.1. The van der Waals surface area contributed by atoms with Crippen LogP contribution in [0.4, 0.5) is 0 Å². The molecular weight excluding hydrogens is 306 g/mol. The van der Waals surface area contributed by atoms with Crippen molar-refractivity contribution in [1.82, 2.24) is 4.72 Å². The number of rotatable bonds is 4. The molecule has 110 valence electrons. The Kier molecular flexibility index (Phi) is 5.15. The van der Waals surface area contributed by atoms with Crippen LogP contribution in [0.25, 0.3) is 0 Å². The van der Waals surface area contributed by atoms with Crippen molar-refractivity contribution in [2.45, 2.75) is 18.4 Å². The van der Waals surface area contributed by atoms with Gasteiger partial charge in [0.15, 0.2) is 0 Å². The van der Waals surface area contributed by atoms with E-state index >= 15 is 0 Å². The van der Waals surface area contributed by atoms with Crippen molar-refractivity contribution in [3.63, 3.8) is 0 Å². The van der Waals surface area contributed by atoms with Crippen LogP contribution in [0.5, 0.6) is 0 Å². The molecule has 0 spiro atoms. The van der Waals surface area contributed by atoms with E-state index in [1.54, 1.807) is 23.5 Å². The van der Waals surface area contributed by atoms with Gasteiger partial charge in [-0.15, -0.1) is 0 Å². The van der Waals surface area contributed by atoms with Crippen molar-refractivity contribution in [3.8, 4) is 11.8 Å². The summed E-state index contributed by atoms with van der Waals surface area (Å²) in [5.41, 5.74) is 2.60. The molecule has 1 aromatic heterocycles. The first kappa shape index (κ1) is 15.7. The topological polar surface area (TPSA) is 66.4 Å². The van der Waals surface area contributed by atoms with Crippen molar-refractivity contribution in [2.24, 2.45) is 0 Å². The van der Waals surface area contributed by atoms with Crippen molar-refractivity contribution >= 4 is 21.4 Å². The van der Waals surface area contributed by atoms with Crippen LogP contribution in [0.2, 0.25) is 0 Å². The van der Waals surface area contributed by atoms with E-state index in [4.69, 9.17) is 5.11 Å². The number of hydrogen-bond acceptors (Lipinski definition) is 4. The summed E-state index contributed by atoms with van der Waals surface area (Å²) in [5, 5.41) is 12.6.